The quantitative estimate of drug-likeness (QED) is 0.325. The number of nitrogens with zero attached hydrogens (tertiary/aromatic N) is 4. The molecule has 0 radical (unpaired) electrons. The van der Waals surface area contributed by atoms with Crippen molar-refractivity contribution in [2.24, 2.45) is 5.73 Å². The number of rotatable bonds is 8. The number of hydrogen-bond acceptors (Lipinski definition) is 8. The molecule has 0 spiro atoms. The third-order valence-corrected chi connectivity index (χ3v) is 6.60. The summed E-state index contributed by atoms with van der Waals surface area (Å²) in [5.74, 6) is -2.89. The maximum absolute atomic E-state index is 14.2. The number of amides is 2. The molecule has 0 saturated heterocycles. The highest BCUT2D eigenvalue weighted by Crippen LogP contribution is 2.27. The van der Waals surface area contributed by atoms with Gasteiger partial charge in [0.25, 0.3) is 5.91 Å². The Hall–Kier alpha value is -4.65. The summed E-state index contributed by atoms with van der Waals surface area (Å²) in [6.07, 6.45) is 0.366. The van der Waals surface area contributed by atoms with Crippen LogP contribution < -0.4 is 20.9 Å². The molecule has 41 heavy (non-hydrogen) atoms. The number of benzene rings is 2. The van der Waals surface area contributed by atoms with Crippen molar-refractivity contribution in [1.82, 2.24) is 14.9 Å². The molecule has 2 amide bonds. The Kier molecular flexibility index (Phi) is 8.47. The first-order valence-electron chi connectivity index (χ1n) is 12.3. The van der Waals surface area contributed by atoms with Crippen LogP contribution in [0.25, 0.3) is 10.6 Å². The van der Waals surface area contributed by atoms with Gasteiger partial charge < -0.3 is 15.2 Å². The van der Waals surface area contributed by atoms with E-state index >= 15 is 0 Å². The number of primary amides is 1. The Balaban J connectivity index is 1.82. The molecule has 214 valence electrons. The van der Waals surface area contributed by atoms with E-state index < -0.39 is 40.4 Å². The number of carbonyl (C=O) groups excluding carboxylic acids is 2. The average molecular weight is 584 g/mol. The second kappa shape index (κ2) is 11.8. The van der Waals surface area contributed by atoms with Gasteiger partial charge in [-0.25, -0.2) is 23.3 Å². The van der Waals surface area contributed by atoms with Crippen molar-refractivity contribution in [1.29, 1.82) is 0 Å². The fraction of sp³-hybridized carbons (Fsp3) is 0.250. The number of hydrogen-bond donors (Lipinski definition) is 1. The van der Waals surface area contributed by atoms with Crippen molar-refractivity contribution < 1.29 is 27.8 Å². The van der Waals surface area contributed by atoms with Crippen molar-refractivity contribution >= 4 is 23.3 Å². The van der Waals surface area contributed by atoms with Crippen molar-refractivity contribution in [2.75, 3.05) is 12.1 Å². The third kappa shape index (κ3) is 6.92. The lowest BCUT2D eigenvalue weighted by Gasteiger charge is -2.28. The fourth-order valence-electron chi connectivity index (χ4n) is 3.73. The summed E-state index contributed by atoms with van der Waals surface area (Å²) in [5, 5.41) is 9.55. The van der Waals surface area contributed by atoms with Crippen molar-refractivity contribution in [3.8, 4) is 16.3 Å². The minimum Gasteiger partial charge on any atom is -0.482 e. The van der Waals surface area contributed by atoms with Gasteiger partial charge in [-0.15, -0.1) is 10.2 Å². The van der Waals surface area contributed by atoms with E-state index in [1.807, 2.05) is 6.07 Å². The van der Waals surface area contributed by atoms with Gasteiger partial charge in [0.1, 0.15) is 28.8 Å². The molecular formula is C28H27F2N5O5S. The Morgan fingerprint density at radius 1 is 1.10 bits per heavy atom. The van der Waals surface area contributed by atoms with Crippen LogP contribution in [0.5, 0.6) is 5.75 Å². The van der Waals surface area contributed by atoms with E-state index in [9.17, 15) is 23.2 Å². The molecule has 2 aromatic carbocycles. The molecule has 0 atom stereocenters. The second-order valence-electron chi connectivity index (χ2n) is 9.95. The molecular weight excluding hydrogens is 556 g/mol. The standard InChI is InChI=1S/C28H27F2N5O5S/c1-28(2,3)40-27(38)34(4)35-14-19(26-33-32-21(41-26)12-17-10-11-18(29)13-20(17)30)23(36)24(22(35)25(31)37)39-15-16-8-6-5-7-9-16/h5-11,13-14H,12,15H2,1-4H3,(H2,31,37). The van der Waals surface area contributed by atoms with Gasteiger partial charge in [0.15, 0.2) is 16.5 Å². The highest BCUT2D eigenvalue weighted by Gasteiger charge is 2.29. The lowest BCUT2D eigenvalue weighted by Crippen LogP contribution is -2.44. The molecule has 2 N–H and O–H groups in total. The smallest absolute Gasteiger partial charge is 0.429 e. The SMILES string of the molecule is CN(C(=O)OC(C)(C)C)n1cc(-c2nnc(Cc3ccc(F)cc3F)s2)c(=O)c(OCc2ccccc2)c1C(N)=O. The van der Waals surface area contributed by atoms with Crippen LogP contribution in [0, 0.1) is 11.6 Å². The van der Waals surface area contributed by atoms with Crippen LogP contribution in [-0.4, -0.2) is 39.5 Å². The molecule has 0 aliphatic carbocycles. The van der Waals surface area contributed by atoms with Crippen molar-refractivity contribution in [3.63, 3.8) is 0 Å². The number of nitrogens with two attached hydrogens (primary N) is 1. The fourth-order valence-corrected chi connectivity index (χ4v) is 4.60. The largest absolute Gasteiger partial charge is 0.482 e. The lowest BCUT2D eigenvalue weighted by atomic mass is 10.1. The minimum absolute atomic E-state index is 0.00742. The highest BCUT2D eigenvalue weighted by molar-refractivity contribution is 7.14. The third-order valence-electron chi connectivity index (χ3n) is 5.64. The Bertz CT molecular complexity index is 1650. The van der Waals surface area contributed by atoms with Crippen molar-refractivity contribution in [2.45, 2.75) is 39.4 Å². The van der Waals surface area contributed by atoms with Gasteiger partial charge in [0.05, 0.1) is 5.56 Å². The molecule has 0 aliphatic rings. The number of ether oxygens (including phenoxy) is 2. The molecule has 4 aromatic rings. The maximum atomic E-state index is 14.2. The zero-order valence-corrected chi connectivity index (χ0v) is 23.5. The monoisotopic (exact) mass is 583 g/mol. The Morgan fingerprint density at radius 3 is 2.44 bits per heavy atom. The number of halogens is 2. The van der Waals surface area contributed by atoms with Crippen LogP contribution >= 0.6 is 11.3 Å². The molecule has 0 saturated carbocycles. The molecule has 13 heteroatoms. The van der Waals surface area contributed by atoms with Crippen LogP contribution in [-0.2, 0) is 17.8 Å². The summed E-state index contributed by atoms with van der Waals surface area (Å²) < 4.78 is 39.9. The summed E-state index contributed by atoms with van der Waals surface area (Å²) in [6.45, 7) is 4.93. The molecule has 2 heterocycles. The Morgan fingerprint density at radius 2 is 1.80 bits per heavy atom. The van der Waals surface area contributed by atoms with E-state index in [2.05, 4.69) is 10.2 Å². The predicted molar refractivity (Wildman–Crippen MR) is 148 cm³/mol. The number of carbonyl (C=O) groups is 2. The van der Waals surface area contributed by atoms with Gasteiger partial charge >= 0.3 is 6.09 Å². The topological polar surface area (TPSA) is 130 Å². The zero-order valence-electron chi connectivity index (χ0n) is 22.7. The summed E-state index contributed by atoms with van der Waals surface area (Å²) in [7, 11) is 1.33. The van der Waals surface area contributed by atoms with Crippen LogP contribution in [0.1, 0.15) is 47.4 Å². The van der Waals surface area contributed by atoms with E-state index in [-0.39, 0.29) is 34.9 Å². The van der Waals surface area contributed by atoms with Crippen LogP contribution in [0.15, 0.2) is 59.5 Å². The molecule has 10 nitrogen and oxygen atoms in total. The van der Waals surface area contributed by atoms with E-state index in [0.717, 1.165) is 33.2 Å². The highest BCUT2D eigenvalue weighted by atomic mass is 32.1. The molecule has 0 bridgehead atoms. The lowest BCUT2D eigenvalue weighted by molar-refractivity contribution is 0.0549. The molecule has 0 fully saturated rings. The van der Waals surface area contributed by atoms with E-state index in [0.29, 0.717) is 10.6 Å². The summed E-state index contributed by atoms with van der Waals surface area (Å²) in [5.41, 5.74) is 4.54. The second-order valence-corrected chi connectivity index (χ2v) is 11.0. The predicted octanol–water partition coefficient (Wildman–Crippen LogP) is 4.42. The van der Waals surface area contributed by atoms with Gasteiger partial charge in [-0.3, -0.25) is 9.59 Å². The van der Waals surface area contributed by atoms with E-state index in [1.165, 1.54) is 19.3 Å². The summed E-state index contributed by atoms with van der Waals surface area (Å²) in [6, 6.07) is 12.1. The number of aromatic nitrogens is 3. The molecule has 0 aliphatic heterocycles. The van der Waals surface area contributed by atoms with Gasteiger partial charge in [-0.1, -0.05) is 47.7 Å². The molecule has 2 aromatic heterocycles. The first-order valence-corrected chi connectivity index (χ1v) is 13.2. The van der Waals surface area contributed by atoms with Gasteiger partial charge in [0.2, 0.25) is 5.43 Å². The van der Waals surface area contributed by atoms with Gasteiger partial charge in [-0.05, 0) is 38.0 Å². The Labute approximate surface area is 237 Å². The molecule has 4 rings (SSSR count). The summed E-state index contributed by atoms with van der Waals surface area (Å²) >= 11 is 0.982. The first kappa shape index (κ1) is 29.3. The van der Waals surface area contributed by atoms with Crippen molar-refractivity contribution in [3.05, 3.63) is 98.4 Å². The maximum Gasteiger partial charge on any atom is 0.429 e. The number of pyridine rings is 1. The molecule has 0 unspecified atom stereocenters. The minimum atomic E-state index is -1.03. The van der Waals surface area contributed by atoms with E-state index in [1.54, 1.807) is 45.0 Å². The van der Waals surface area contributed by atoms with Crippen LogP contribution in [0.4, 0.5) is 13.6 Å². The average Bonchev–Trinajstić information content (AvgIpc) is 3.36. The van der Waals surface area contributed by atoms with Crippen LogP contribution in [0.3, 0.4) is 0 Å². The summed E-state index contributed by atoms with van der Waals surface area (Å²) in [4.78, 5) is 39.3. The van der Waals surface area contributed by atoms with Gasteiger partial charge in [0, 0.05) is 25.7 Å². The normalized spacial score (nSPS) is 11.3. The van der Waals surface area contributed by atoms with E-state index in [4.69, 9.17) is 15.2 Å². The van der Waals surface area contributed by atoms with Gasteiger partial charge in [-0.2, -0.15) is 0 Å². The first-order chi connectivity index (χ1) is 19.3. The van der Waals surface area contributed by atoms with Crippen LogP contribution in [0.2, 0.25) is 0 Å². The zero-order chi connectivity index (χ0) is 29.9.